The van der Waals surface area contributed by atoms with Gasteiger partial charge in [-0.2, -0.15) is 0 Å². The fourth-order valence-electron chi connectivity index (χ4n) is 9.83. The Morgan fingerprint density at radius 2 is 0.871 bits per heavy atom. The van der Waals surface area contributed by atoms with Crippen molar-refractivity contribution >= 4 is 31.5 Å². The van der Waals surface area contributed by atoms with Gasteiger partial charge in [-0.15, -0.1) is 11.3 Å². The maximum absolute atomic E-state index is 5.31. The number of aromatic nitrogens is 2. The van der Waals surface area contributed by atoms with E-state index in [1.54, 1.807) is 0 Å². The molecule has 62 heavy (non-hydrogen) atoms. The number of hydrogen-bond acceptors (Lipinski definition) is 3. The van der Waals surface area contributed by atoms with E-state index in [9.17, 15) is 0 Å². The first-order chi connectivity index (χ1) is 30.7. The van der Waals surface area contributed by atoms with Crippen LogP contribution < -0.4 is 0 Å². The fraction of sp³-hybridized carbons (Fsp3) is 0.0169. The summed E-state index contributed by atoms with van der Waals surface area (Å²) in [5.41, 5.74) is 16.7. The molecule has 0 bridgehead atoms. The largest absolute Gasteiger partial charge is 0.228 e. The van der Waals surface area contributed by atoms with Crippen LogP contribution in [0.3, 0.4) is 0 Å². The number of thiophene rings is 1. The highest BCUT2D eigenvalue weighted by atomic mass is 32.1. The quantitative estimate of drug-likeness (QED) is 0.160. The van der Waals surface area contributed by atoms with E-state index in [0.29, 0.717) is 5.82 Å². The molecule has 0 fully saturated rings. The van der Waals surface area contributed by atoms with Gasteiger partial charge in [-0.3, -0.25) is 0 Å². The van der Waals surface area contributed by atoms with Gasteiger partial charge in [0, 0.05) is 42.4 Å². The summed E-state index contributed by atoms with van der Waals surface area (Å²) in [5, 5.41) is 2.57. The predicted octanol–water partition coefficient (Wildman–Crippen LogP) is 15.5. The summed E-state index contributed by atoms with van der Waals surface area (Å²) in [4.78, 5) is 10.6. The molecule has 0 saturated heterocycles. The Morgan fingerprint density at radius 3 is 1.66 bits per heavy atom. The van der Waals surface area contributed by atoms with Crippen molar-refractivity contribution in [2.24, 2.45) is 0 Å². The molecule has 3 heteroatoms. The van der Waals surface area contributed by atoms with Crippen LogP contribution in [0.1, 0.15) is 22.3 Å². The molecule has 0 amide bonds. The maximum Gasteiger partial charge on any atom is 0.160 e. The van der Waals surface area contributed by atoms with Crippen molar-refractivity contribution in [2.45, 2.75) is 5.41 Å². The average Bonchev–Trinajstić information content (AvgIpc) is 3.89. The number of rotatable bonds is 7. The first-order valence-corrected chi connectivity index (χ1v) is 22.0. The molecule has 2 heterocycles. The van der Waals surface area contributed by atoms with Crippen molar-refractivity contribution in [3.05, 3.63) is 253 Å². The normalized spacial score (nSPS) is 12.6. The van der Waals surface area contributed by atoms with Gasteiger partial charge in [0.25, 0.3) is 0 Å². The average molecular weight is 807 g/mol. The smallest absolute Gasteiger partial charge is 0.160 e. The molecule has 2 nitrogen and oxygen atoms in total. The van der Waals surface area contributed by atoms with Crippen molar-refractivity contribution in [1.82, 2.24) is 9.97 Å². The molecule has 0 N–H and O–H groups in total. The Kier molecular flexibility index (Phi) is 8.62. The molecule has 0 atom stereocenters. The van der Waals surface area contributed by atoms with Gasteiger partial charge in [0.2, 0.25) is 0 Å². The van der Waals surface area contributed by atoms with E-state index in [-0.39, 0.29) is 0 Å². The molecule has 2 aromatic heterocycles. The van der Waals surface area contributed by atoms with Crippen molar-refractivity contribution in [2.75, 3.05) is 0 Å². The van der Waals surface area contributed by atoms with Crippen LogP contribution in [-0.4, -0.2) is 9.97 Å². The summed E-state index contributed by atoms with van der Waals surface area (Å²) in [6.45, 7) is 0. The molecule has 12 rings (SSSR count). The van der Waals surface area contributed by atoms with Crippen LogP contribution in [0.25, 0.3) is 87.5 Å². The summed E-state index contributed by atoms with van der Waals surface area (Å²) in [6.07, 6.45) is 0. The second-order valence-electron chi connectivity index (χ2n) is 16.0. The lowest BCUT2D eigenvalue weighted by Crippen LogP contribution is -2.28. The molecule has 0 radical (unpaired) electrons. The first kappa shape index (κ1) is 36.2. The zero-order chi connectivity index (χ0) is 41.0. The van der Waals surface area contributed by atoms with Gasteiger partial charge < -0.3 is 0 Å². The van der Waals surface area contributed by atoms with E-state index in [2.05, 4.69) is 224 Å². The van der Waals surface area contributed by atoms with Gasteiger partial charge in [0.1, 0.15) is 0 Å². The predicted molar refractivity (Wildman–Crippen MR) is 259 cm³/mol. The lowest BCUT2D eigenvalue weighted by atomic mass is 9.67. The van der Waals surface area contributed by atoms with Crippen LogP contribution in [0, 0.1) is 0 Å². The molecule has 11 aromatic rings. The summed E-state index contributed by atoms with van der Waals surface area (Å²) >= 11 is 1.85. The molecule has 1 aliphatic carbocycles. The Morgan fingerprint density at radius 1 is 0.323 bits per heavy atom. The lowest BCUT2D eigenvalue weighted by molar-refractivity contribution is 0.769. The summed E-state index contributed by atoms with van der Waals surface area (Å²) in [5.74, 6) is 0.698. The molecule has 0 unspecified atom stereocenters. The van der Waals surface area contributed by atoms with Crippen LogP contribution in [0.5, 0.6) is 0 Å². The minimum atomic E-state index is -0.470. The Hall–Kier alpha value is -7.72. The highest BCUT2D eigenvalue weighted by Crippen LogP contribution is 2.56. The number of hydrogen-bond donors (Lipinski definition) is 0. The molecule has 9 aromatic carbocycles. The number of fused-ring (bicyclic) bond motifs is 6. The molecule has 0 spiro atoms. The van der Waals surface area contributed by atoms with Crippen LogP contribution in [0.2, 0.25) is 0 Å². The van der Waals surface area contributed by atoms with Crippen LogP contribution in [-0.2, 0) is 5.41 Å². The summed E-state index contributed by atoms with van der Waals surface area (Å²) in [6, 6.07) is 83.4. The van der Waals surface area contributed by atoms with Gasteiger partial charge in [0.05, 0.1) is 16.8 Å². The van der Waals surface area contributed by atoms with Crippen molar-refractivity contribution < 1.29 is 0 Å². The topological polar surface area (TPSA) is 25.8 Å². The van der Waals surface area contributed by atoms with E-state index < -0.39 is 5.41 Å². The van der Waals surface area contributed by atoms with Crippen LogP contribution in [0.15, 0.2) is 231 Å². The zero-order valence-electron chi connectivity index (χ0n) is 33.7. The van der Waals surface area contributed by atoms with E-state index >= 15 is 0 Å². The van der Waals surface area contributed by atoms with E-state index in [1.807, 2.05) is 17.4 Å². The summed E-state index contributed by atoms with van der Waals surface area (Å²) in [7, 11) is 0. The minimum absolute atomic E-state index is 0.470. The molecule has 290 valence electrons. The highest BCUT2D eigenvalue weighted by molar-refractivity contribution is 7.26. The van der Waals surface area contributed by atoms with E-state index in [0.717, 1.165) is 44.8 Å². The summed E-state index contributed by atoms with van der Waals surface area (Å²) < 4.78 is 2.58. The molecule has 0 aliphatic heterocycles. The van der Waals surface area contributed by atoms with Gasteiger partial charge in [0.15, 0.2) is 5.82 Å². The first-order valence-electron chi connectivity index (χ1n) is 21.1. The van der Waals surface area contributed by atoms with Crippen molar-refractivity contribution in [1.29, 1.82) is 0 Å². The number of nitrogens with zero attached hydrogens (tertiary/aromatic N) is 2. The minimum Gasteiger partial charge on any atom is -0.228 e. The third-order valence-corrected chi connectivity index (χ3v) is 13.8. The maximum atomic E-state index is 5.31. The van der Waals surface area contributed by atoms with E-state index in [1.165, 1.54) is 59.1 Å². The second-order valence-corrected chi connectivity index (χ2v) is 17.1. The monoisotopic (exact) mass is 806 g/mol. The van der Waals surface area contributed by atoms with Crippen LogP contribution in [0.4, 0.5) is 0 Å². The van der Waals surface area contributed by atoms with Gasteiger partial charge in [-0.25, -0.2) is 9.97 Å². The second kappa shape index (κ2) is 14.8. The standard InChI is InChI=1S/C59H38N2S/c1-4-18-39(19-5-1)58-60-54(38-55(61-58)48-28-11-10-26-45(48)50-30-17-31-51-49-29-13-15-33-56(49)62-57(50)51)42-21-16-20-40(36-42)41-34-35-47-46-27-12-14-32-52(46)59(53(47)37-41,43-22-6-2-7-23-43)44-24-8-3-9-25-44/h1-38H. The van der Waals surface area contributed by atoms with E-state index in [4.69, 9.17) is 9.97 Å². The third kappa shape index (κ3) is 5.78. The molecule has 0 saturated carbocycles. The van der Waals surface area contributed by atoms with Crippen molar-refractivity contribution in [3.8, 4) is 67.3 Å². The van der Waals surface area contributed by atoms with Gasteiger partial charge >= 0.3 is 0 Å². The van der Waals surface area contributed by atoms with Gasteiger partial charge in [-0.05, 0) is 74.3 Å². The fourth-order valence-corrected chi connectivity index (χ4v) is 11.1. The highest BCUT2D eigenvalue weighted by Gasteiger charge is 2.46. The molecular weight excluding hydrogens is 769 g/mol. The van der Waals surface area contributed by atoms with Crippen molar-refractivity contribution in [3.63, 3.8) is 0 Å². The Labute approximate surface area is 365 Å². The lowest BCUT2D eigenvalue weighted by Gasteiger charge is -2.34. The Bertz CT molecular complexity index is 3420. The zero-order valence-corrected chi connectivity index (χ0v) is 34.6. The van der Waals surface area contributed by atoms with Crippen LogP contribution >= 0.6 is 11.3 Å². The third-order valence-electron chi connectivity index (χ3n) is 12.6. The number of benzene rings is 9. The molecular formula is C59H38N2S. The van der Waals surface area contributed by atoms with Gasteiger partial charge in [-0.1, -0.05) is 206 Å². The SMILES string of the molecule is c1ccc(-c2nc(-c3cccc(-c4ccc5c(c4)C(c4ccccc4)(c4ccccc4)c4ccccc4-5)c3)cc(-c3ccccc3-c3cccc4c3sc3ccccc34)n2)cc1. The Balaban J connectivity index is 1.02. The molecule has 1 aliphatic rings.